The summed E-state index contributed by atoms with van der Waals surface area (Å²) in [5.41, 5.74) is 0.664. The molecule has 0 spiro atoms. The molecular weight excluding hydrogens is 167 g/mol. The standard InChI is InChI=1S/C10H9FN2/c11-9-4-2-1-3-8(9)7-10-12-5-6-13-10/h1-6H,7H2,(H,12,13). The number of aromatic nitrogens is 2. The number of halogens is 1. The molecule has 0 radical (unpaired) electrons. The van der Waals surface area contributed by atoms with Crippen LogP contribution < -0.4 is 0 Å². The van der Waals surface area contributed by atoms with Gasteiger partial charge in [-0.05, 0) is 11.6 Å². The molecule has 1 heterocycles. The van der Waals surface area contributed by atoms with Crippen LogP contribution in [0.2, 0.25) is 0 Å². The molecule has 0 bridgehead atoms. The molecule has 1 N–H and O–H groups in total. The first-order valence-corrected chi connectivity index (χ1v) is 4.08. The van der Waals surface area contributed by atoms with Crippen molar-refractivity contribution in [3.63, 3.8) is 0 Å². The Bertz CT molecular complexity index is 382. The van der Waals surface area contributed by atoms with Crippen LogP contribution in [0.4, 0.5) is 4.39 Å². The van der Waals surface area contributed by atoms with Crippen LogP contribution in [0.15, 0.2) is 36.7 Å². The fourth-order valence-electron chi connectivity index (χ4n) is 1.22. The van der Waals surface area contributed by atoms with Gasteiger partial charge >= 0.3 is 0 Å². The van der Waals surface area contributed by atoms with Crippen LogP contribution in [0.3, 0.4) is 0 Å². The van der Waals surface area contributed by atoms with Gasteiger partial charge in [-0.15, -0.1) is 0 Å². The van der Waals surface area contributed by atoms with E-state index in [1.54, 1.807) is 24.5 Å². The average molecular weight is 176 g/mol. The van der Waals surface area contributed by atoms with E-state index in [4.69, 9.17) is 0 Å². The molecule has 0 saturated carbocycles. The topological polar surface area (TPSA) is 28.7 Å². The first-order valence-electron chi connectivity index (χ1n) is 4.08. The molecule has 0 unspecified atom stereocenters. The second-order valence-corrected chi connectivity index (χ2v) is 2.80. The van der Waals surface area contributed by atoms with Gasteiger partial charge < -0.3 is 4.98 Å². The highest BCUT2D eigenvalue weighted by atomic mass is 19.1. The summed E-state index contributed by atoms with van der Waals surface area (Å²) in [6.07, 6.45) is 3.91. The highest BCUT2D eigenvalue weighted by molar-refractivity contribution is 5.20. The van der Waals surface area contributed by atoms with Gasteiger partial charge in [0.05, 0.1) is 0 Å². The van der Waals surface area contributed by atoms with Crippen molar-refractivity contribution in [3.05, 3.63) is 53.9 Å². The fraction of sp³-hybridized carbons (Fsp3) is 0.100. The van der Waals surface area contributed by atoms with Gasteiger partial charge in [0.1, 0.15) is 11.6 Å². The highest BCUT2D eigenvalue weighted by Crippen LogP contribution is 2.09. The third kappa shape index (κ3) is 1.75. The van der Waals surface area contributed by atoms with Crippen molar-refractivity contribution in [3.8, 4) is 0 Å². The lowest BCUT2D eigenvalue weighted by molar-refractivity contribution is 0.612. The molecule has 1 aromatic carbocycles. The van der Waals surface area contributed by atoms with Gasteiger partial charge in [0.15, 0.2) is 0 Å². The molecule has 3 heteroatoms. The molecule has 2 rings (SSSR count). The summed E-state index contributed by atoms with van der Waals surface area (Å²) in [4.78, 5) is 6.97. The molecule has 1 aromatic heterocycles. The Morgan fingerprint density at radius 3 is 2.85 bits per heavy atom. The minimum absolute atomic E-state index is 0.182. The summed E-state index contributed by atoms with van der Waals surface area (Å²) in [6, 6.07) is 6.72. The number of imidazole rings is 1. The number of aromatic amines is 1. The molecule has 0 saturated heterocycles. The molecular formula is C10H9FN2. The van der Waals surface area contributed by atoms with E-state index in [0.717, 1.165) is 5.82 Å². The van der Waals surface area contributed by atoms with E-state index in [0.29, 0.717) is 12.0 Å². The quantitative estimate of drug-likeness (QED) is 0.746. The number of nitrogens with zero attached hydrogens (tertiary/aromatic N) is 1. The van der Waals surface area contributed by atoms with Crippen molar-refractivity contribution >= 4 is 0 Å². The SMILES string of the molecule is Fc1ccccc1Cc1ncc[nH]1. The number of benzene rings is 1. The van der Waals surface area contributed by atoms with Crippen LogP contribution in [0.1, 0.15) is 11.4 Å². The van der Waals surface area contributed by atoms with Gasteiger partial charge in [-0.3, -0.25) is 0 Å². The second-order valence-electron chi connectivity index (χ2n) is 2.80. The number of hydrogen-bond donors (Lipinski definition) is 1. The van der Waals surface area contributed by atoms with E-state index < -0.39 is 0 Å². The third-order valence-corrected chi connectivity index (χ3v) is 1.87. The van der Waals surface area contributed by atoms with Crippen LogP contribution in [0, 0.1) is 5.82 Å². The number of H-pyrrole nitrogens is 1. The van der Waals surface area contributed by atoms with Gasteiger partial charge in [0.2, 0.25) is 0 Å². The van der Waals surface area contributed by atoms with Crippen LogP contribution in [-0.2, 0) is 6.42 Å². The van der Waals surface area contributed by atoms with Crippen molar-refractivity contribution in [1.82, 2.24) is 9.97 Å². The monoisotopic (exact) mass is 176 g/mol. The van der Waals surface area contributed by atoms with Crippen molar-refractivity contribution in [2.45, 2.75) is 6.42 Å². The summed E-state index contributed by atoms with van der Waals surface area (Å²) in [5, 5.41) is 0. The van der Waals surface area contributed by atoms with Crippen LogP contribution in [-0.4, -0.2) is 9.97 Å². The van der Waals surface area contributed by atoms with Crippen LogP contribution in [0.25, 0.3) is 0 Å². The van der Waals surface area contributed by atoms with Crippen molar-refractivity contribution in [2.75, 3.05) is 0 Å². The smallest absolute Gasteiger partial charge is 0.126 e. The van der Waals surface area contributed by atoms with E-state index in [9.17, 15) is 4.39 Å². The molecule has 0 fully saturated rings. The average Bonchev–Trinajstić information content (AvgIpc) is 2.61. The van der Waals surface area contributed by atoms with Gasteiger partial charge in [-0.2, -0.15) is 0 Å². The van der Waals surface area contributed by atoms with Gasteiger partial charge in [0.25, 0.3) is 0 Å². The Hall–Kier alpha value is -1.64. The maximum atomic E-state index is 13.1. The first kappa shape index (κ1) is 7.98. The summed E-state index contributed by atoms with van der Waals surface area (Å²) in [5.74, 6) is 0.601. The highest BCUT2D eigenvalue weighted by Gasteiger charge is 2.02. The second kappa shape index (κ2) is 3.39. The summed E-state index contributed by atoms with van der Waals surface area (Å²) in [7, 11) is 0. The van der Waals surface area contributed by atoms with Gasteiger partial charge in [-0.25, -0.2) is 9.37 Å². The lowest BCUT2D eigenvalue weighted by atomic mass is 10.1. The minimum Gasteiger partial charge on any atom is -0.348 e. The van der Waals surface area contributed by atoms with Crippen molar-refractivity contribution < 1.29 is 4.39 Å². The third-order valence-electron chi connectivity index (χ3n) is 1.87. The summed E-state index contributed by atoms with van der Waals surface area (Å²) >= 11 is 0. The molecule has 2 nitrogen and oxygen atoms in total. The van der Waals surface area contributed by atoms with E-state index >= 15 is 0 Å². The van der Waals surface area contributed by atoms with E-state index in [1.165, 1.54) is 6.07 Å². The summed E-state index contributed by atoms with van der Waals surface area (Å²) < 4.78 is 13.1. The Labute approximate surface area is 75.4 Å². The number of hydrogen-bond acceptors (Lipinski definition) is 1. The molecule has 0 atom stereocenters. The molecule has 2 aromatic rings. The molecule has 0 aliphatic heterocycles. The van der Waals surface area contributed by atoms with E-state index in [2.05, 4.69) is 9.97 Å². The zero-order chi connectivity index (χ0) is 9.10. The Morgan fingerprint density at radius 2 is 2.15 bits per heavy atom. The molecule has 66 valence electrons. The summed E-state index contributed by atoms with van der Waals surface area (Å²) in [6.45, 7) is 0. The maximum absolute atomic E-state index is 13.1. The normalized spacial score (nSPS) is 10.2. The Balaban J connectivity index is 2.24. The fourth-order valence-corrected chi connectivity index (χ4v) is 1.22. The predicted octanol–water partition coefficient (Wildman–Crippen LogP) is 2.14. The van der Waals surface area contributed by atoms with Gasteiger partial charge in [-0.1, -0.05) is 18.2 Å². The lowest BCUT2D eigenvalue weighted by Gasteiger charge is -1.98. The Kier molecular flexibility index (Phi) is 2.08. The van der Waals surface area contributed by atoms with Crippen molar-refractivity contribution in [1.29, 1.82) is 0 Å². The molecule has 13 heavy (non-hydrogen) atoms. The van der Waals surface area contributed by atoms with Gasteiger partial charge in [0, 0.05) is 18.8 Å². The zero-order valence-electron chi connectivity index (χ0n) is 7.00. The van der Waals surface area contributed by atoms with Crippen molar-refractivity contribution in [2.24, 2.45) is 0 Å². The minimum atomic E-state index is -0.182. The molecule has 0 aliphatic carbocycles. The first-order chi connectivity index (χ1) is 6.36. The maximum Gasteiger partial charge on any atom is 0.126 e. The molecule has 0 aliphatic rings. The van der Waals surface area contributed by atoms with E-state index in [-0.39, 0.29) is 5.82 Å². The molecule has 0 amide bonds. The van der Waals surface area contributed by atoms with E-state index in [1.807, 2.05) is 6.07 Å². The largest absolute Gasteiger partial charge is 0.348 e. The predicted molar refractivity (Wildman–Crippen MR) is 47.8 cm³/mol. The Morgan fingerprint density at radius 1 is 1.31 bits per heavy atom. The van der Waals surface area contributed by atoms with Crippen LogP contribution in [0.5, 0.6) is 0 Å². The van der Waals surface area contributed by atoms with Crippen LogP contribution >= 0.6 is 0 Å². The lowest BCUT2D eigenvalue weighted by Crippen LogP contribution is -1.93. The zero-order valence-corrected chi connectivity index (χ0v) is 7.00. The number of nitrogens with one attached hydrogen (secondary N) is 1. The number of rotatable bonds is 2.